The highest BCUT2D eigenvalue weighted by Gasteiger charge is 2.32. The molecule has 5 nitrogen and oxygen atoms in total. The smallest absolute Gasteiger partial charge is 0.243 e. The molecule has 0 atom stereocenters. The third-order valence-electron chi connectivity index (χ3n) is 5.72. The molecule has 0 aliphatic carbocycles. The maximum atomic E-state index is 12.9. The van der Waals surface area contributed by atoms with Crippen molar-refractivity contribution in [1.82, 2.24) is 4.31 Å². The number of piperidine rings is 1. The zero-order valence-corrected chi connectivity index (χ0v) is 17.8. The number of aryl methyl sites for hydroxylation is 4. The normalized spacial score (nSPS) is 16.1. The van der Waals surface area contributed by atoms with Crippen molar-refractivity contribution < 1.29 is 13.2 Å². The van der Waals surface area contributed by atoms with Gasteiger partial charge in [-0.25, -0.2) is 8.42 Å². The first-order chi connectivity index (χ1) is 13.2. The molecular weight excluding hydrogens is 372 g/mol. The predicted octanol–water partition coefficient (Wildman–Crippen LogP) is 3.96. The molecule has 2 aromatic rings. The number of amides is 1. The monoisotopic (exact) mass is 400 g/mol. The van der Waals surface area contributed by atoms with E-state index in [9.17, 15) is 13.2 Å². The van der Waals surface area contributed by atoms with E-state index in [0.717, 1.165) is 22.4 Å². The number of hydrogen-bond acceptors (Lipinski definition) is 3. The Bertz CT molecular complexity index is 991. The van der Waals surface area contributed by atoms with Crippen molar-refractivity contribution in [2.75, 3.05) is 18.4 Å². The number of sulfonamides is 1. The van der Waals surface area contributed by atoms with Crippen LogP contribution in [0.25, 0.3) is 0 Å². The molecule has 1 saturated heterocycles. The SMILES string of the molecule is Cc1ccc(NC(=O)C2CCN(S(=O)(=O)c3ccc(C)c(C)c3)CC2)cc1C. The Morgan fingerprint density at radius 1 is 0.893 bits per heavy atom. The average molecular weight is 401 g/mol. The molecule has 1 fully saturated rings. The van der Waals surface area contributed by atoms with Gasteiger partial charge < -0.3 is 5.32 Å². The molecule has 0 bridgehead atoms. The van der Waals surface area contributed by atoms with Crippen LogP contribution in [0.3, 0.4) is 0 Å². The van der Waals surface area contributed by atoms with Gasteiger partial charge in [-0.2, -0.15) is 4.31 Å². The Kier molecular flexibility index (Phi) is 5.91. The van der Waals surface area contributed by atoms with Gasteiger partial charge in [0, 0.05) is 24.7 Å². The summed E-state index contributed by atoms with van der Waals surface area (Å²) in [5.74, 6) is -0.209. The fourth-order valence-electron chi connectivity index (χ4n) is 3.45. The summed E-state index contributed by atoms with van der Waals surface area (Å²) in [5.41, 5.74) is 5.14. The first-order valence-electron chi connectivity index (χ1n) is 9.64. The number of carbonyl (C=O) groups is 1. The average Bonchev–Trinajstić information content (AvgIpc) is 2.67. The molecule has 2 aromatic carbocycles. The fraction of sp³-hybridized carbons (Fsp3) is 0.409. The maximum absolute atomic E-state index is 12.9. The molecule has 0 saturated carbocycles. The standard InChI is InChI=1S/C22H28N2O3S/c1-15-5-7-20(13-17(15)3)23-22(25)19-9-11-24(12-10-19)28(26,27)21-8-6-16(2)18(4)14-21/h5-8,13-14,19H,9-12H2,1-4H3,(H,23,25). The van der Waals surface area contributed by atoms with Crippen molar-refractivity contribution in [3.05, 3.63) is 58.7 Å². The lowest BCUT2D eigenvalue weighted by Gasteiger charge is -2.30. The molecule has 1 heterocycles. The van der Waals surface area contributed by atoms with Crippen molar-refractivity contribution in [1.29, 1.82) is 0 Å². The molecule has 3 rings (SSSR count). The molecule has 6 heteroatoms. The minimum absolute atomic E-state index is 0.0357. The van der Waals surface area contributed by atoms with Crippen LogP contribution in [0.5, 0.6) is 0 Å². The van der Waals surface area contributed by atoms with E-state index in [1.54, 1.807) is 12.1 Å². The second-order valence-corrected chi connectivity index (χ2v) is 9.65. The molecule has 1 aliphatic heterocycles. The molecule has 0 aromatic heterocycles. The van der Waals surface area contributed by atoms with Crippen LogP contribution in [0.4, 0.5) is 5.69 Å². The Morgan fingerprint density at radius 2 is 1.46 bits per heavy atom. The summed E-state index contributed by atoms with van der Waals surface area (Å²) >= 11 is 0. The van der Waals surface area contributed by atoms with E-state index in [4.69, 9.17) is 0 Å². The summed E-state index contributed by atoms with van der Waals surface area (Å²) in [6.45, 7) is 8.65. The topological polar surface area (TPSA) is 66.5 Å². The largest absolute Gasteiger partial charge is 0.326 e. The van der Waals surface area contributed by atoms with Gasteiger partial charge in [0.2, 0.25) is 15.9 Å². The molecule has 0 radical (unpaired) electrons. The number of rotatable bonds is 4. The zero-order chi connectivity index (χ0) is 20.5. The van der Waals surface area contributed by atoms with Crippen molar-refractivity contribution >= 4 is 21.6 Å². The zero-order valence-electron chi connectivity index (χ0n) is 17.0. The van der Waals surface area contributed by atoms with Crippen molar-refractivity contribution in [3.63, 3.8) is 0 Å². The van der Waals surface area contributed by atoms with Crippen molar-refractivity contribution in [3.8, 4) is 0 Å². The third-order valence-corrected chi connectivity index (χ3v) is 7.61. The second-order valence-electron chi connectivity index (χ2n) is 7.71. The molecular formula is C22H28N2O3S. The van der Waals surface area contributed by atoms with Crippen LogP contribution in [0, 0.1) is 33.6 Å². The van der Waals surface area contributed by atoms with Gasteiger partial charge in [-0.05, 0) is 87.1 Å². The number of carbonyl (C=O) groups excluding carboxylic acids is 1. The van der Waals surface area contributed by atoms with Gasteiger partial charge >= 0.3 is 0 Å². The first kappa shape index (κ1) is 20.6. The first-order valence-corrected chi connectivity index (χ1v) is 11.1. The van der Waals surface area contributed by atoms with Gasteiger partial charge in [-0.1, -0.05) is 12.1 Å². The van der Waals surface area contributed by atoms with Crippen LogP contribution in [-0.4, -0.2) is 31.7 Å². The highest BCUT2D eigenvalue weighted by atomic mass is 32.2. The van der Waals surface area contributed by atoms with E-state index in [1.807, 2.05) is 52.0 Å². The minimum atomic E-state index is -3.52. The van der Waals surface area contributed by atoms with E-state index in [-0.39, 0.29) is 11.8 Å². The molecule has 0 unspecified atom stereocenters. The second kappa shape index (κ2) is 8.05. The van der Waals surface area contributed by atoms with E-state index in [0.29, 0.717) is 30.8 Å². The van der Waals surface area contributed by atoms with Crippen LogP contribution in [-0.2, 0) is 14.8 Å². The van der Waals surface area contributed by atoms with Crippen LogP contribution in [0.15, 0.2) is 41.3 Å². The number of anilines is 1. The summed E-state index contributed by atoms with van der Waals surface area (Å²) in [4.78, 5) is 12.9. The Morgan fingerprint density at radius 3 is 2.04 bits per heavy atom. The van der Waals surface area contributed by atoms with Crippen LogP contribution in [0.1, 0.15) is 35.1 Å². The maximum Gasteiger partial charge on any atom is 0.243 e. The number of hydrogen-bond donors (Lipinski definition) is 1. The molecule has 1 N–H and O–H groups in total. The molecule has 1 aliphatic rings. The minimum Gasteiger partial charge on any atom is -0.326 e. The van der Waals surface area contributed by atoms with Crippen molar-refractivity contribution in [2.24, 2.45) is 5.92 Å². The highest BCUT2D eigenvalue weighted by molar-refractivity contribution is 7.89. The number of benzene rings is 2. The van der Waals surface area contributed by atoms with Gasteiger partial charge in [0.25, 0.3) is 0 Å². The van der Waals surface area contributed by atoms with Crippen LogP contribution in [0.2, 0.25) is 0 Å². The van der Waals surface area contributed by atoms with Crippen LogP contribution >= 0.6 is 0 Å². The number of nitrogens with one attached hydrogen (secondary N) is 1. The van der Waals surface area contributed by atoms with Gasteiger partial charge in [0.1, 0.15) is 0 Å². The predicted molar refractivity (Wildman–Crippen MR) is 112 cm³/mol. The summed E-state index contributed by atoms with van der Waals surface area (Å²) < 4.78 is 27.3. The van der Waals surface area contributed by atoms with Gasteiger partial charge in [-0.3, -0.25) is 4.79 Å². The van der Waals surface area contributed by atoms with Gasteiger partial charge in [0.05, 0.1) is 4.90 Å². The van der Waals surface area contributed by atoms with E-state index in [1.165, 1.54) is 9.87 Å². The molecule has 28 heavy (non-hydrogen) atoms. The lowest BCUT2D eigenvalue weighted by Crippen LogP contribution is -2.41. The molecule has 150 valence electrons. The summed E-state index contributed by atoms with van der Waals surface area (Å²) in [6, 6.07) is 11.1. The van der Waals surface area contributed by atoms with Crippen molar-refractivity contribution in [2.45, 2.75) is 45.4 Å². The summed E-state index contributed by atoms with van der Waals surface area (Å²) in [5, 5.41) is 2.97. The van der Waals surface area contributed by atoms with E-state index < -0.39 is 10.0 Å². The molecule has 1 amide bonds. The van der Waals surface area contributed by atoms with E-state index >= 15 is 0 Å². The van der Waals surface area contributed by atoms with Gasteiger partial charge in [0.15, 0.2) is 0 Å². The van der Waals surface area contributed by atoms with Gasteiger partial charge in [-0.15, -0.1) is 0 Å². The lowest BCUT2D eigenvalue weighted by atomic mass is 9.97. The Labute approximate surface area is 167 Å². The van der Waals surface area contributed by atoms with Crippen LogP contribution < -0.4 is 5.32 Å². The third kappa shape index (κ3) is 4.28. The fourth-order valence-corrected chi connectivity index (χ4v) is 5.00. The molecule has 0 spiro atoms. The summed E-state index contributed by atoms with van der Waals surface area (Å²) in [6.07, 6.45) is 1.06. The number of nitrogens with zero attached hydrogens (tertiary/aromatic N) is 1. The lowest BCUT2D eigenvalue weighted by molar-refractivity contribution is -0.120. The highest BCUT2D eigenvalue weighted by Crippen LogP contribution is 2.26. The summed E-state index contributed by atoms with van der Waals surface area (Å²) in [7, 11) is -3.52. The van der Waals surface area contributed by atoms with E-state index in [2.05, 4.69) is 5.32 Å². The Balaban J connectivity index is 1.63. The quantitative estimate of drug-likeness (QED) is 0.845. The Hall–Kier alpha value is -2.18.